The van der Waals surface area contributed by atoms with E-state index in [0.29, 0.717) is 76.0 Å². The quantitative estimate of drug-likeness (QED) is 0.0241. The van der Waals surface area contributed by atoms with Crippen molar-refractivity contribution >= 4 is 11.9 Å². The van der Waals surface area contributed by atoms with E-state index >= 15 is 0 Å². The zero-order valence-electron chi connectivity index (χ0n) is 39.9. The smallest absolute Gasteiger partial charge is 0.330 e. The Hall–Kier alpha value is -5.54. The molecule has 0 saturated carbocycles. The van der Waals surface area contributed by atoms with Gasteiger partial charge in [0.25, 0.3) is 0 Å². The van der Waals surface area contributed by atoms with Gasteiger partial charge in [-0.1, -0.05) is 152 Å². The Balaban J connectivity index is 0.901. The van der Waals surface area contributed by atoms with Crippen LogP contribution in [0.25, 0.3) is 22.8 Å². The summed E-state index contributed by atoms with van der Waals surface area (Å²) in [5, 5.41) is 0. The van der Waals surface area contributed by atoms with E-state index in [9.17, 15) is 9.59 Å². The maximum atomic E-state index is 11.0. The van der Waals surface area contributed by atoms with Crippen LogP contribution in [-0.2, 0) is 51.2 Å². The summed E-state index contributed by atoms with van der Waals surface area (Å²) in [6.07, 6.45) is 28.3. The Labute approximate surface area is 403 Å². The molecule has 68 heavy (non-hydrogen) atoms. The van der Waals surface area contributed by atoms with Crippen LogP contribution >= 0.6 is 0 Å². The number of nitrogens with zero attached hydrogens (tertiary/aromatic N) is 4. The average Bonchev–Trinajstić information content (AvgIpc) is 3.38. The highest BCUT2D eigenvalue weighted by molar-refractivity contribution is 5.81. The third-order valence-corrected chi connectivity index (χ3v) is 11.3. The van der Waals surface area contributed by atoms with E-state index < -0.39 is 12.6 Å². The fourth-order valence-corrected chi connectivity index (χ4v) is 7.40. The van der Waals surface area contributed by atoms with Crippen LogP contribution in [0, 0.1) is 0 Å². The van der Waals surface area contributed by atoms with Crippen molar-refractivity contribution in [2.75, 3.05) is 39.6 Å². The summed E-state index contributed by atoms with van der Waals surface area (Å²) in [6.45, 7) is 10.5. The third kappa shape index (κ3) is 21.6. The highest BCUT2D eigenvalue weighted by atomic mass is 16.8. The molecule has 5 rings (SSSR count). The molecule has 2 aromatic heterocycles. The summed E-state index contributed by atoms with van der Waals surface area (Å²) in [5.74, 6) is 1.90. The van der Waals surface area contributed by atoms with Gasteiger partial charge in [-0.15, -0.1) is 0 Å². The summed E-state index contributed by atoms with van der Waals surface area (Å²) in [6, 6.07) is 15.9. The molecule has 3 heterocycles. The zero-order chi connectivity index (χ0) is 47.7. The van der Waals surface area contributed by atoms with Crippen LogP contribution in [0.3, 0.4) is 0 Å². The molecule has 0 aliphatic carbocycles. The van der Waals surface area contributed by atoms with Gasteiger partial charge in [-0.2, -0.15) is 0 Å². The molecular weight excluding hydrogens is 865 g/mol. The molecule has 2 aromatic carbocycles. The molecule has 14 heteroatoms. The van der Waals surface area contributed by atoms with Gasteiger partial charge in [0, 0.05) is 23.3 Å². The number of carbonyl (C=O) groups excluding carboxylic acids is 2. The predicted molar refractivity (Wildman–Crippen MR) is 260 cm³/mol. The van der Waals surface area contributed by atoms with Crippen LogP contribution < -0.4 is 9.47 Å². The molecule has 0 bridgehead atoms. The van der Waals surface area contributed by atoms with E-state index in [1.807, 2.05) is 48.5 Å². The number of hydrogen-bond donors (Lipinski definition) is 0. The predicted octanol–water partition coefficient (Wildman–Crippen LogP) is 11.3. The first-order valence-electron chi connectivity index (χ1n) is 24.6. The van der Waals surface area contributed by atoms with Crippen molar-refractivity contribution in [2.45, 2.75) is 141 Å². The van der Waals surface area contributed by atoms with Crippen LogP contribution in [0.5, 0.6) is 11.5 Å². The number of ether oxygens (including phenoxy) is 8. The molecule has 1 aliphatic rings. The van der Waals surface area contributed by atoms with E-state index in [4.69, 9.17) is 37.9 Å². The standard InChI is InChI=1S/C54H72N4O10/c1-3-49(59)63-33-21-17-13-9-5-7-11-15-19-31-61-47-37-55-51(56-38-47)45-27-23-43(24-28-45)41-67-53-54(66-36-35-65-53)68-42-44-25-29-46(30-26-44)52-57-39-48(40-58-52)62-32-20-16-12-8-6-10-14-18-22-34-64-50(60)4-2/h3-4,23-30,37-40,53-54H,1-2,5-22,31-36,41-42H2/t53-,54-/m1/s1. The molecule has 0 spiro atoms. The van der Waals surface area contributed by atoms with Crippen LogP contribution in [0.15, 0.2) is 98.6 Å². The Bertz CT molecular complexity index is 1850. The summed E-state index contributed by atoms with van der Waals surface area (Å²) in [4.78, 5) is 40.2. The van der Waals surface area contributed by atoms with Crippen molar-refractivity contribution in [3.8, 4) is 34.3 Å². The molecule has 0 amide bonds. The second-order valence-electron chi connectivity index (χ2n) is 16.8. The molecule has 4 aromatic rings. The molecule has 0 N–H and O–H groups in total. The number of rotatable bonds is 36. The number of unbranched alkanes of at least 4 members (excludes halogenated alkanes) is 16. The van der Waals surface area contributed by atoms with Gasteiger partial charge >= 0.3 is 11.9 Å². The second-order valence-corrected chi connectivity index (χ2v) is 16.8. The molecule has 1 aliphatic heterocycles. The number of esters is 2. The van der Waals surface area contributed by atoms with E-state index in [0.717, 1.165) is 73.6 Å². The van der Waals surface area contributed by atoms with Gasteiger partial charge in [0.1, 0.15) is 0 Å². The van der Waals surface area contributed by atoms with Gasteiger partial charge in [0.15, 0.2) is 23.1 Å². The number of benzene rings is 2. The molecule has 1 saturated heterocycles. The minimum atomic E-state index is -0.674. The van der Waals surface area contributed by atoms with Crippen molar-refractivity contribution in [2.24, 2.45) is 0 Å². The fraction of sp³-hybridized carbons (Fsp3) is 0.519. The zero-order valence-corrected chi connectivity index (χ0v) is 39.9. The Kier molecular flexibility index (Phi) is 26.0. The lowest BCUT2D eigenvalue weighted by atomic mass is 10.1. The lowest BCUT2D eigenvalue weighted by Gasteiger charge is -2.31. The van der Waals surface area contributed by atoms with Gasteiger partial charge in [0.2, 0.25) is 12.6 Å². The van der Waals surface area contributed by atoms with Crippen molar-refractivity contribution < 1.29 is 47.5 Å². The second kappa shape index (κ2) is 33.0. The largest absolute Gasteiger partial charge is 0.490 e. The van der Waals surface area contributed by atoms with E-state index in [1.54, 1.807) is 24.8 Å². The topological polar surface area (TPSA) is 160 Å². The molecular formula is C54H72N4O10. The monoisotopic (exact) mass is 937 g/mol. The Morgan fingerprint density at radius 1 is 0.471 bits per heavy atom. The minimum Gasteiger partial charge on any atom is -0.490 e. The molecule has 2 atom stereocenters. The molecule has 14 nitrogen and oxygen atoms in total. The first-order chi connectivity index (χ1) is 33.5. The SMILES string of the molecule is C=CC(=O)OCCCCCCCCCCCOc1cnc(-c2ccc(CO[C@H]3OCCO[C@@H]3OCc3ccc(-c4ncc(OCCCCCCCCCCCOC(=O)C=C)cn4)cc3)cc2)nc1. The van der Waals surface area contributed by atoms with Crippen LogP contribution in [0.2, 0.25) is 0 Å². The fourth-order valence-electron chi connectivity index (χ4n) is 7.40. The van der Waals surface area contributed by atoms with Gasteiger partial charge in [0.05, 0.1) is 77.6 Å². The summed E-state index contributed by atoms with van der Waals surface area (Å²) in [7, 11) is 0. The van der Waals surface area contributed by atoms with Gasteiger partial charge in [-0.25, -0.2) is 29.5 Å². The van der Waals surface area contributed by atoms with Crippen LogP contribution in [0.1, 0.15) is 127 Å². The summed E-state index contributed by atoms with van der Waals surface area (Å²) in [5.41, 5.74) is 3.73. The molecule has 368 valence electrons. The van der Waals surface area contributed by atoms with E-state index in [2.05, 4.69) is 33.1 Å². The normalized spacial score (nSPS) is 14.5. The summed E-state index contributed by atoms with van der Waals surface area (Å²) >= 11 is 0. The lowest BCUT2D eigenvalue weighted by Crippen LogP contribution is -2.41. The van der Waals surface area contributed by atoms with Crippen molar-refractivity contribution in [3.63, 3.8) is 0 Å². The van der Waals surface area contributed by atoms with Crippen LogP contribution in [-0.4, -0.2) is 84.1 Å². The first-order valence-corrected chi connectivity index (χ1v) is 24.6. The maximum absolute atomic E-state index is 11.0. The maximum Gasteiger partial charge on any atom is 0.330 e. The van der Waals surface area contributed by atoms with Gasteiger partial charge < -0.3 is 37.9 Å². The number of hydrogen-bond acceptors (Lipinski definition) is 14. The van der Waals surface area contributed by atoms with Gasteiger partial charge in [-0.3, -0.25) is 0 Å². The molecule has 1 fully saturated rings. The van der Waals surface area contributed by atoms with E-state index in [-0.39, 0.29) is 11.9 Å². The highest BCUT2D eigenvalue weighted by Gasteiger charge is 2.29. The Morgan fingerprint density at radius 3 is 1.10 bits per heavy atom. The van der Waals surface area contributed by atoms with E-state index in [1.165, 1.54) is 76.4 Å². The average molecular weight is 937 g/mol. The van der Waals surface area contributed by atoms with Crippen molar-refractivity contribution in [1.82, 2.24) is 19.9 Å². The summed E-state index contributed by atoms with van der Waals surface area (Å²) < 4.78 is 45.8. The van der Waals surface area contributed by atoms with Gasteiger partial charge in [-0.05, 0) is 36.8 Å². The number of carbonyl (C=O) groups is 2. The molecule has 0 unspecified atom stereocenters. The third-order valence-electron chi connectivity index (χ3n) is 11.3. The Morgan fingerprint density at radius 2 is 0.779 bits per heavy atom. The van der Waals surface area contributed by atoms with Crippen molar-refractivity contribution in [3.05, 3.63) is 110 Å². The minimum absolute atomic E-state index is 0.319. The highest BCUT2D eigenvalue weighted by Crippen LogP contribution is 2.23. The number of aromatic nitrogens is 4. The lowest BCUT2D eigenvalue weighted by molar-refractivity contribution is -0.326. The molecule has 0 radical (unpaired) electrons. The first kappa shape index (κ1) is 53.4. The van der Waals surface area contributed by atoms with Crippen LogP contribution in [0.4, 0.5) is 0 Å². The van der Waals surface area contributed by atoms with Crippen molar-refractivity contribution in [1.29, 1.82) is 0 Å².